The SMILES string of the molecule is O=C(O)O.[K+].[O-]B(O)O. The zero-order chi connectivity index (χ0) is 7.15. The van der Waals surface area contributed by atoms with Crippen LogP contribution in [0.3, 0.4) is 0 Å². The van der Waals surface area contributed by atoms with Crippen LogP contribution in [0.25, 0.3) is 0 Å². The molecule has 0 aromatic carbocycles. The van der Waals surface area contributed by atoms with E-state index in [4.69, 9.17) is 30.1 Å². The topological polar surface area (TPSA) is 121 Å². The van der Waals surface area contributed by atoms with E-state index in [-0.39, 0.29) is 51.4 Å². The van der Waals surface area contributed by atoms with Crippen LogP contribution in [0.5, 0.6) is 0 Å². The molecule has 0 bridgehead atoms. The average Bonchev–Trinajstić information content (AvgIpc) is 1.25. The van der Waals surface area contributed by atoms with Crippen LogP contribution >= 0.6 is 0 Å². The maximum Gasteiger partial charge on any atom is 1.00 e. The summed E-state index contributed by atoms with van der Waals surface area (Å²) in [6, 6.07) is 0. The van der Waals surface area contributed by atoms with Gasteiger partial charge in [-0.25, -0.2) is 4.79 Å². The van der Waals surface area contributed by atoms with E-state index in [1.807, 2.05) is 0 Å². The first-order valence-electron chi connectivity index (χ1n) is 1.40. The normalized spacial score (nSPS) is 5.67. The van der Waals surface area contributed by atoms with E-state index in [0.717, 1.165) is 0 Å². The Labute approximate surface area is 93.7 Å². The van der Waals surface area contributed by atoms with Crippen LogP contribution < -0.4 is 56.4 Å². The van der Waals surface area contributed by atoms with E-state index in [0.29, 0.717) is 0 Å². The predicted octanol–water partition coefficient (Wildman–Crippen LogP) is -5.46. The molecule has 0 aliphatic heterocycles. The molecule has 0 radical (unpaired) electrons. The van der Waals surface area contributed by atoms with E-state index in [2.05, 4.69) is 0 Å². The smallest absolute Gasteiger partial charge is 0.832 e. The van der Waals surface area contributed by atoms with Gasteiger partial charge in [0.25, 0.3) is 0 Å². The van der Waals surface area contributed by atoms with Crippen molar-refractivity contribution in [2.75, 3.05) is 0 Å². The molecular formula is CH4BKO6. The molecule has 0 fully saturated rings. The van der Waals surface area contributed by atoms with Crippen LogP contribution in [0.4, 0.5) is 4.79 Å². The summed E-state index contributed by atoms with van der Waals surface area (Å²) in [7, 11) is -2.42. The first-order valence-corrected chi connectivity index (χ1v) is 1.40. The Kier molecular flexibility index (Phi) is 21.2. The maximum atomic E-state index is 8.64. The summed E-state index contributed by atoms with van der Waals surface area (Å²) in [6.45, 7) is 0. The van der Waals surface area contributed by atoms with E-state index < -0.39 is 13.5 Å². The fourth-order valence-corrected chi connectivity index (χ4v) is 0. The average molecular weight is 162 g/mol. The molecule has 0 rings (SSSR count). The first-order chi connectivity index (χ1) is 3.46. The van der Waals surface area contributed by atoms with Gasteiger partial charge in [-0.15, -0.1) is 0 Å². The molecule has 0 atom stereocenters. The fourth-order valence-electron chi connectivity index (χ4n) is 0. The van der Waals surface area contributed by atoms with E-state index in [1.165, 1.54) is 0 Å². The molecule has 0 aromatic rings. The van der Waals surface area contributed by atoms with Crippen LogP contribution in [0.15, 0.2) is 0 Å². The van der Waals surface area contributed by atoms with Crippen LogP contribution in [0.2, 0.25) is 0 Å². The number of rotatable bonds is 0. The summed E-state index contributed by atoms with van der Waals surface area (Å²) >= 11 is 0. The number of carbonyl (C=O) groups is 1. The molecular weight excluding hydrogens is 158 g/mol. The third-order valence-electron chi connectivity index (χ3n) is 0. The van der Waals surface area contributed by atoms with Crippen molar-refractivity contribution >= 4 is 13.5 Å². The zero-order valence-corrected chi connectivity index (χ0v) is 7.81. The largest absolute Gasteiger partial charge is 1.00 e. The summed E-state index contributed by atoms with van der Waals surface area (Å²) in [6.07, 6.45) is -1.83. The summed E-state index contributed by atoms with van der Waals surface area (Å²) in [5, 5.41) is 36.7. The monoisotopic (exact) mass is 162 g/mol. The van der Waals surface area contributed by atoms with Crippen LogP contribution in [-0.2, 0) is 0 Å². The molecule has 0 aliphatic rings. The zero-order valence-electron chi connectivity index (χ0n) is 4.68. The Bertz CT molecular complexity index is 57.3. The van der Waals surface area contributed by atoms with Crippen molar-refractivity contribution in [1.82, 2.24) is 0 Å². The Morgan fingerprint density at radius 2 is 1.33 bits per heavy atom. The van der Waals surface area contributed by atoms with Gasteiger partial charge in [-0.1, -0.05) is 0 Å². The molecule has 0 amide bonds. The Morgan fingerprint density at radius 3 is 1.33 bits per heavy atom. The molecule has 0 saturated heterocycles. The van der Waals surface area contributed by atoms with Gasteiger partial charge in [-0.05, 0) is 0 Å². The minimum atomic E-state index is -2.42. The first kappa shape index (κ1) is 16.4. The summed E-state index contributed by atoms with van der Waals surface area (Å²) in [5.74, 6) is 0. The Balaban J connectivity index is -0.0000000720. The van der Waals surface area contributed by atoms with Gasteiger partial charge in [0.15, 0.2) is 0 Å². The summed E-state index contributed by atoms with van der Waals surface area (Å²) < 4.78 is 0. The van der Waals surface area contributed by atoms with Crippen molar-refractivity contribution in [2.24, 2.45) is 0 Å². The molecule has 4 N–H and O–H groups in total. The van der Waals surface area contributed by atoms with Crippen molar-refractivity contribution in [3.05, 3.63) is 0 Å². The Morgan fingerprint density at radius 1 is 1.33 bits per heavy atom. The van der Waals surface area contributed by atoms with Gasteiger partial charge in [0.2, 0.25) is 0 Å². The molecule has 0 unspecified atom stereocenters. The second-order valence-electron chi connectivity index (χ2n) is 0.609. The van der Waals surface area contributed by atoms with E-state index >= 15 is 0 Å². The fraction of sp³-hybridized carbons (Fsp3) is 0. The number of carboxylic acid groups (broad SMARTS) is 2. The molecule has 0 heterocycles. The van der Waals surface area contributed by atoms with Gasteiger partial charge in [0.05, 0.1) is 0 Å². The minimum absolute atomic E-state index is 0. The van der Waals surface area contributed by atoms with E-state index in [1.54, 1.807) is 0 Å². The van der Waals surface area contributed by atoms with Gasteiger partial charge in [-0.2, -0.15) is 0 Å². The van der Waals surface area contributed by atoms with Crippen LogP contribution in [-0.4, -0.2) is 33.7 Å². The molecule has 6 nitrogen and oxygen atoms in total. The molecule has 8 heteroatoms. The number of hydrogen-bond acceptors (Lipinski definition) is 4. The molecule has 48 valence electrons. The predicted molar refractivity (Wildman–Crippen MR) is 20.8 cm³/mol. The van der Waals surface area contributed by atoms with E-state index in [9.17, 15) is 0 Å². The van der Waals surface area contributed by atoms with Gasteiger partial charge in [-0.3, -0.25) is 0 Å². The summed E-state index contributed by atoms with van der Waals surface area (Å²) in [5.41, 5.74) is 0. The van der Waals surface area contributed by atoms with Gasteiger partial charge >= 0.3 is 64.9 Å². The maximum absolute atomic E-state index is 8.64. The molecule has 0 spiro atoms. The van der Waals surface area contributed by atoms with Crippen LogP contribution in [0, 0.1) is 0 Å². The quantitative estimate of drug-likeness (QED) is 0.263. The van der Waals surface area contributed by atoms with Crippen LogP contribution in [0.1, 0.15) is 0 Å². The van der Waals surface area contributed by atoms with Crippen molar-refractivity contribution < 1.29 is 81.5 Å². The minimum Gasteiger partial charge on any atom is -0.832 e. The summed E-state index contributed by atoms with van der Waals surface area (Å²) in [4.78, 5) is 8.56. The third-order valence-corrected chi connectivity index (χ3v) is 0. The van der Waals surface area contributed by atoms with Gasteiger partial charge < -0.3 is 25.3 Å². The molecule has 0 aromatic heterocycles. The van der Waals surface area contributed by atoms with Crippen molar-refractivity contribution in [3.8, 4) is 0 Å². The van der Waals surface area contributed by atoms with Crippen molar-refractivity contribution in [3.63, 3.8) is 0 Å². The molecule has 0 saturated carbocycles. The van der Waals surface area contributed by atoms with Crippen molar-refractivity contribution in [2.45, 2.75) is 0 Å². The second kappa shape index (κ2) is 11.6. The molecule has 0 aliphatic carbocycles. The molecule has 9 heavy (non-hydrogen) atoms. The third kappa shape index (κ3) is 573. The standard InChI is InChI=1S/CH2O3.BH2O3.K/c2*2-1(3)4;/h(H2,2,3,4);2-3H;/q;-1;+1. The Hall–Kier alpha value is 0.851. The van der Waals surface area contributed by atoms with Crippen molar-refractivity contribution in [1.29, 1.82) is 0 Å². The van der Waals surface area contributed by atoms with Gasteiger partial charge in [0, 0.05) is 0 Å². The van der Waals surface area contributed by atoms with Gasteiger partial charge in [0.1, 0.15) is 0 Å². The second-order valence-corrected chi connectivity index (χ2v) is 0.609. The number of hydrogen-bond donors (Lipinski definition) is 4.